The van der Waals surface area contributed by atoms with Crippen LogP contribution in [0.4, 0.5) is 0 Å². The van der Waals surface area contributed by atoms with Crippen molar-refractivity contribution in [2.75, 3.05) is 7.11 Å². The van der Waals surface area contributed by atoms with E-state index in [2.05, 4.69) is 0 Å². The summed E-state index contributed by atoms with van der Waals surface area (Å²) in [5.74, 6) is -0.470. The third kappa shape index (κ3) is 2.52. The number of ether oxygens (including phenoxy) is 1. The lowest BCUT2D eigenvalue weighted by Gasteiger charge is -2.21. The summed E-state index contributed by atoms with van der Waals surface area (Å²) in [5, 5.41) is 0.718. The summed E-state index contributed by atoms with van der Waals surface area (Å²) >= 11 is 0. The Kier molecular flexibility index (Phi) is 4.01. The molecule has 0 fully saturated rings. The van der Waals surface area contributed by atoms with E-state index in [1.807, 2.05) is 32.9 Å². The number of methoxy groups -OCH3 is 1. The molecule has 4 rings (SSSR count). The Morgan fingerprint density at radius 1 is 1.04 bits per heavy atom. The van der Waals surface area contributed by atoms with Crippen LogP contribution in [0.5, 0.6) is 0 Å². The summed E-state index contributed by atoms with van der Waals surface area (Å²) in [6.45, 7) is 5.72. The number of hydrogen-bond acceptors (Lipinski definition) is 4. The van der Waals surface area contributed by atoms with E-state index in [-0.39, 0.29) is 4.90 Å². The SMILES string of the molecule is COC(=O)C1=CC(C)(C)c2c1c1ccccc1n2S(=O)(=O)c1ccc(C)cc1. The van der Waals surface area contributed by atoms with Crippen molar-refractivity contribution >= 4 is 32.5 Å². The van der Waals surface area contributed by atoms with Gasteiger partial charge in [0.15, 0.2) is 0 Å². The number of carbonyl (C=O) groups excluding carboxylic acids is 1. The number of benzene rings is 2. The third-order valence-electron chi connectivity index (χ3n) is 5.18. The zero-order valence-electron chi connectivity index (χ0n) is 16.2. The smallest absolute Gasteiger partial charge is 0.338 e. The van der Waals surface area contributed by atoms with E-state index in [1.165, 1.54) is 11.1 Å². The summed E-state index contributed by atoms with van der Waals surface area (Å²) in [6, 6.07) is 14.0. The number of aryl methyl sites for hydroxylation is 1. The molecule has 0 N–H and O–H groups in total. The average Bonchev–Trinajstić information content (AvgIpc) is 3.15. The van der Waals surface area contributed by atoms with E-state index in [0.717, 1.165) is 10.9 Å². The molecule has 0 atom stereocenters. The van der Waals surface area contributed by atoms with Crippen molar-refractivity contribution in [1.82, 2.24) is 3.97 Å². The maximum atomic E-state index is 13.6. The standard InChI is InChI=1S/C22H21NO4S/c1-14-9-11-15(12-10-14)28(25,26)23-18-8-6-5-7-16(18)19-17(21(24)27-4)13-22(2,3)20(19)23/h5-13H,1-4H3. The van der Waals surface area contributed by atoms with Crippen LogP contribution in [0.1, 0.15) is 30.7 Å². The lowest BCUT2D eigenvalue weighted by Crippen LogP contribution is -2.23. The fraction of sp³-hybridized carbons (Fsp3) is 0.227. The second kappa shape index (κ2) is 6.07. The molecule has 0 saturated carbocycles. The molecule has 0 unspecified atom stereocenters. The van der Waals surface area contributed by atoms with Crippen molar-refractivity contribution in [2.24, 2.45) is 0 Å². The van der Waals surface area contributed by atoms with E-state index >= 15 is 0 Å². The number of fused-ring (bicyclic) bond motifs is 3. The van der Waals surface area contributed by atoms with E-state index < -0.39 is 21.4 Å². The van der Waals surface area contributed by atoms with Gasteiger partial charge in [-0.15, -0.1) is 0 Å². The number of allylic oxidation sites excluding steroid dienone is 1. The highest BCUT2D eigenvalue weighted by Gasteiger charge is 2.41. The zero-order chi connectivity index (χ0) is 20.3. The minimum atomic E-state index is -3.86. The Hall–Kier alpha value is -2.86. The number of carbonyl (C=O) groups is 1. The summed E-state index contributed by atoms with van der Waals surface area (Å²) < 4.78 is 33.6. The lowest BCUT2D eigenvalue weighted by atomic mass is 9.92. The molecule has 0 amide bonds. The zero-order valence-corrected chi connectivity index (χ0v) is 17.0. The van der Waals surface area contributed by atoms with E-state index in [9.17, 15) is 13.2 Å². The largest absolute Gasteiger partial charge is 0.465 e. The molecule has 6 heteroatoms. The van der Waals surface area contributed by atoms with E-state index in [0.29, 0.717) is 22.3 Å². The van der Waals surface area contributed by atoms with Gasteiger partial charge in [-0.2, -0.15) is 0 Å². The molecular formula is C22H21NO4S. The summed E-state index contributed by atoms with van der Waals surface area (Å²) in [6.07, 6.45) is 1.79. The highest BCUT2D eigenvalue weighted by Crippen LogP contribution is 2.47. The Morgan fingerprint density at radius 3 is 2.32 bits per heavy atom. The van der Waals surface area contributed by atoms with Crippen LogP contribution < -0.4 is 0 Å². The predicted octanol–water partition coefficient (Wildman–Crippen LogP) is 4.03. The Balaban J connectivity index is 2.11. The number of esters is 1. The van der Waals surface area contributed by atoms with E-state index in [4.69, 9.17) is 4.74 Å². The van der Waals surface area contributed by atoms with Gasteiger partial charge in [-0.3, -0.25) is 0 Å². The maximum absolute atomic E-state index is 13.6. The normalized spacial score (nSPS) is 15.4. The van der Waals surface area contributed by atoms with Crippen molar-refractivity contribution in [2.45, 2.75) is 31.1 Å². The van der Waals surface area contributed by atoms with Crippen molar-refractivity contribution in [3.05, 3.63) is 71.4 Å². The van der Waals surface area contributed by atoms with Gasteiger partial charge in [0.05, 0.1) is 28.8 Å². The van der Waals surface area contributed by atoms with Gasteiger partial charge in [-0.1, -0.05) is 55.8 Å². The molecular weight excluding hydrogens is 374 g/mol. The third-order valence-corrected chi connectivity index (χ3v) is 6.91. The number of rotatable bonds is 3. The first-order chi connectivity index (χ1) is 13.2. The first kappa shape index (κ1) is 18.5. The van der Waals surface area contributed by atoms with Crippen molar-refractivity contribution in [3.63, 3.8) is 0 Å². The molecule has 5 nitrogen and oxygen atoms in total. The second-order valence-corrected chi connectivity index (χ2v) is 9.38. The van der Waals surface area contributed by atoms with Gasteiger partial charge < -0.3 is 4.74 Å². The molecule has 1 aliphatic carbocycles. The fourth-order valence-corrected chi connectivity index (χ4v) is 5.58. The van der Waals surface area contributed by atoms with Crippen molar-refractivity contribution in [3.8, 4) is 0 Å². The monoisotopic (exact) mass is 395 g/mol. The minimum Gasteiger partial charge on any atom is -0.465 e. The fourth-order valence-electron chi connectivity index (χ4n) is 3.91. The van der Waals surface area contributed by atoms with Crippen LogP contribution in [0.2, 0.25) is 0 Å². The van der Waals surface area contributed by atoms with Gasteiger partial charge in [-0.25, -0.2) is 17.2 Å². The predicted molar refractivity (Wildman–Crippen MR) is 109 cm³/mol. The van der Waals surface area contributed by atoms with Gasteiger partial charge in [0.2, 0.25) is 0 Å². The van der Waals surface area contributed by atoms with Crippen LogP contribution in [-0.2, 0) is 25.0 Å². The number of para-hydroxylation sites is 1. The van der Waals surface area contributed by atoms with Crippen LogP contribution in [0.25, 0.3) is 16.5 Å². The number of nitrogens with zero attached hydrogens (tertiary/aromatic N) is 1. The molecule has 2 aromatic carbocycles. The van der Waals surface area contributed by atoms with Crippen molar-refractivity contribution < 1.29 is 17.9 Å². The number of hydrogen-bond donors (Lipinski definition) is 0. The van der Waals surface area contributed by atoms with Crippen LogP contribution in [-0.4, -0.2) is 25.5 Å². The molecule has 0 aliphatic heterocycles. The molecule has 1 aliphatic rings. The van der Waals surface area contributed by atoms with Gasteiger partial charge >= 0.3 is 5.97 Å². The lowest BCUT2D eigenvalue weighted by molar-refractivity contribution is -0.133. The summed E-state index contributed by atoms with van der Waals surface area (Å²) in [4.78, 5) is 12.6. The van der Waals surface area contributed by atoms with Crippen LogP contribution >= 0.6 is 0 Å². The first-order valence-corrected chi connectivity index (χ1v) is 10.4. The van der Waals surface area contributed by atoms with Gasteiger partial charge in [0.25, 0.3) is 10.0 Å². The average molecular weight is 395 g/mol. The topological polar surface area (TPSA) is 65.4 Å². The van der Waals surface area contributed by atoms with Crippen LogP contribution in [0, 0.1) is 6.92 Å². The minimum absolute atomic E-state index is 0.212. The second-order valence-electron chi connectivity index (χ2n) is 7.59. The van der Waals surface area contributed by atoms with Crippen molar-refractivity contribution in [1.29, 1.82) is 0 Å². The molecule has 0 saturated heterocycles. The molecule has 28 heavy (non-hydrogen) atoms. The molecule has 1 heterocycles. The maximum Gasteiger partial charge on any atom is 0.338 e. The van der Waals surface area contributed by atoms with Gasteiger partial charge in [-0.05, 0) is 25.1 Å². The first-order valence-electron chi connectivity index (χ1n) is 8.96. The molecule has 144 valence electrons. The van der Waals surface area contributed by atoms with E-state index in [1.54, 1.807) is 42.5 Å². The molecule has 1 aromatic heterocycles. The van der Waals surface area contributed by atoms with Gasteiger partial charge in [0.1, 0.15) is 0 Å². The summed E-state index contributed by atoms with van der Waals surface area (Å²) in [7, 11) is -2.53. The molecule has 3 aromatic rings. The molecule has 0 radical (unpaired) electrons. The number of aromatic nitrogens is 1. The van der Waals surface area contributed by atoms with Crippen LogP contribution in [0.15, 0.2) is 59.5 Å². The Morgan fingerprint density at radius 2 is 1.68 bits per heavy atom. The highest BCUT2D eigenvalue weighted by atomic mass is 32.2. The molecule has 0 bridgehead atoms. The quantitative estimate of drug-likeness (QED) is 0.628. The van der Waals surface area contributed by atoms with Crippen LogP contribution in [0.3, 0.4) is 0 Å². The Bertz CT molecular complexity index is 1250. The van der Waals surface area contributed by atoms with Gasteiger partial charge in [0, 0.05) is 16.4 Å². The highest BCUT2D eigenvalue weighted by molar-refractivity contribution is 7.90. The Labute approximate surface area is 164 Å². The molecule has 0 spiro atoms. The summed E-state index contributed by atoms with van der Waals surface area (Å²) in [5.41, 5.74) is 2.48.